The Bertz CT molecular complexity index is 591. The Hall–Kier alpha value is -1.59. The fourth-order valence-electron chi connectivity index (χ4n) is 2.63. The van der Waals surface area contributed by atoms with Gasteiger partial charge >= 0.3 is 0 Å². The number of nitrogens with zero attached hydrogens (tertiary/aromatic N) is 3. The number of hydrogen-bond acceptors (Lipinski definition) is 4. The number of ether oxygens (including phenoxy) is 1. The van der Waals surface area contributed by atoms with Crippen LogP contribution in [0.1, 0.15) is 19.5 Å². The minimum Gasteiger partial charge on any atom is -0.390 e. The van der Waals surface area contributed by atoms with Gasteiger partial charge in [-0.2, -0.15) is 0 Å². The van der Waals surface area contributed by atoms with Gasteiger partial charge in [0.2, 0.25) is 0 Å². The van der Waals surface area contributed by atoms with Gasteiger partial charge < -0.3 is 14.7 Å². The predicted molar refractivity (Wildman–Crippen MR) is 73.4 cm³/mol. The molecule has 3 rings (SSSR count). The average Bonchev–Trinajstić information content (AvgIpc) is 2.76. The highest BCUT2D eigenvalue weighted by Gasteiger charge is 2.30. The first-order chi connectivity index (χ1) is 9.11. The molecule has 0 saturated carbocycles. The molecule has 1 aliphatic rings. The van der Waals surface area contributed by atoms with Crippen LogP contribution in [-0.4, -0.2) is 39.8 Å². The Balaban J connectivity index is 2.04. The molecule has 1 fully saturated rings. The average molecular weight is 261 g/mol. The largest absolute Gasteiger partial charge is 0.390 e. The van der Waals surface area contributed by atoms with Gasteiger partial charge in [0.1, 0.15) is 5.65 Å². The summed E-state index contributed by atoms with van der Waals surface area (Å²) in [5, 5.41) is 9.65. The van der Waals surface area contributed by atoms with Crippen LogP contribution in [-0.2, 0) is 11.3 Å². The molecular formula is C14H19N3O2. The van der Waals surface area contributed by atoms with Crippen LogP contribution in [0.4, 0.5) is 5.82 Å². The third-order valence-electron chi connectivity index (χ3n) is 3.48. The van der Waals surface area contributed by atoms with Gasteiger partial charge in [-0.25, -0.2) is 4.98 Å². The maximum Gasteiger partial charge on any atom is 0.153 e. The van der Waals surface area contributed by atoms with E-state index in [1.54, 1.807) is 0 Å². The lowest BCUT2D eigenvalue weighted by atomic mass is 10.1. The molecule has 0 radical (unpaired) electrons. The van der Waals surface area contributed by atoms with Crippen molar-refractivity contribution >= 4 is 11.5 Å². The van der Waals surface area contributed by atoms with Gasteiger partial charge in [-0.05, 0) is 26.0 Å². The van der Waals surface area contributed by atoms with Crippen molar-refractivity contribution in [3.63, 3.8) is 0 Å². The molecule has 1 aliphatic heterocycles. The molecule has 0 unspecified atom stereocenters. The van der Waals surface area contributed by atoms with E-state index >= 15 is 0 Å². The Morgan fingerprint density at radius 1 is 1.42 bits per heavy atom. The smallest absolute Gasteiger partial charge is 0.153 e. The van der Waals surface area contributed by atoms with E-state index in [2.05, 4.69) is 23.7 Å². The highest BCUT2D eigenvalue weighted by molar-refractivity contribution is 5.56. The SMILES string of the molecule is CC1(C)CN(c2nc3ccccn3c2CO)CCO1. The molecule has 0 atom stereocenters. The molecule has 0 aliphatic carbocycles. The third kappa shape index (κ3) is 2.19. The van der Waals surface area contributed by atoms with Crippen molar-refractivity contribution in [3.8, 4) is 0 Å². The van der Waals surface area contributed by atoms with E-state index in [1.807, 2.05) is 28.8 Å². The molecule has 1 saturated heterocycles. The van der Waals surface area contributed by atoms with Crippen molar-refractivity contribution in [1.82, 2.24) is 9.38 Å². The normalized spacial score (nSPS) is 19.0. The zero-order valence-electron chi connectivity index (χ0n) is 11.3. The highest BCUT2D eigenvalue weighted by Crippen LogP contribution is 2.26. The number of pyridine rings is 1. The van der Waals surface area contributed by atoms with Crippen LogP contribution in [0.25, 0.3) is 5.65 Å². The molecule has 0 amide bonds. The van der Waals surface area contributed by atoms with E-state index < -0.39 is 0 Å². The summed E-state index contributed by atoms with van der Waals surface area (Å²) in [5.74, 6) is 0.866. The standard InChI is InChI=1S/C14H19N3O2/c1-14(2)10-16(7-8-19-14)13-11(9-18)17-6-4-3-5-12(17)15-13/h3-6,18H,7-10H2,1-2H3. The monoisotopic (exact) mass is 261 g/mol. The summed E-state index contributed by atoms with van der Waals surface area (Å²) in [6, 6.07) is 5.85. The lowest BCUT2D eigenvalue weighted by Crippen LogP contribution is -2.48. The van der Waals surface area contributed by atoms with Crippen LogP contribution < -0.4 is 4.90 Å². The highest BCUT2D eigenvalue weighted by atomic mass is 16.5. The molecule has 2 aromatic heterocycles. The lowest BCUT2D eigenvalue weighted by molar-refractivity contribution is -0.0279. The molecule has 102 valence electrons. The van der Waals surface area contributed by atoms with Crippen molar-refractivity contribution in [1.29, 1.82) is 0 Å². The molecule has 0 aromatic carbocycles. The Morgan fingerprint density at radius 3 is 3.00 bits per heavy atom. The van der Waals surface area contributed by atoms with E-state index in [9.17, 15) is 5.11 Å². The van der Waals surface area contributed by atoms with Crippen LogP contribution in [0.5, 0.6) is 0 Å². The minimum absolute atomic E-state index is 0.0156. The first kappa shape index (κ1) is 12.4. The Kier molecular flexibility index (Phi) is 2.95. The number of aromatic nitrogens is 2. The van der Waals surface area contributed by atoms with Crippen molar-refractivity contribution in [2.75, 3.05) is 24.6 Å². The molecule has 0 bridgehead atoms. The van der Waals surface area contributed by atoms with Gasteiger partial charge in [0, 0.05) is 19.3 Å². The van der Waals surface area contributed by atoms with Gasteiger partial charge in [0.25, 0.3) is 0 Å². The van der Waals surface area contributed by atoms with Crippen LogP contribution in [0.2, 0.25) is 0 Å². The number of morpholine rings is 1. The second-order valence-corrected chi connectivity index (χ2v) is 5.50. The Morgan fingerprint density at radius 2 is 2.26 bits per heavy atom. The van der Waals surface area contributed by atoms with E-state index in [0.29, 0.717) is 6.61 Å². The van der Waals surface area contributed by atoms with Gasteiger partial charge in [-0.3, -0.25) is 4.40 Å². The fraction of sp³-hybridized carbons (Fsp3) is 0.500. The maximum atomic E-state index is 9.65. The topological polar surface area (TPSA) is 50.0 Å². The summed E-state index contributed by atoms with van der Waals surface area (Å²) in [7, 11) is 0. The van der Waals surface area contributed by atoms with Gasteiger partial charge in [0.15, 0.2) is 5.82 Å². The van der Waals surface area contributed by atoms with Crippen LogP contribution >= 0.6 is 0 Å². The second-order valence-electron chi connectivity index (χ2n) is 5.50. The summed E-state index contributed by atoms with van der Waals surface area (Å²) >= 11 is 0. The van der Waals surface area contributed by atoms with Crippen LogP contribution in [0.3, 0.4) is 0 Å². The summed E-state index contributed by atoms with van der Waals surface area (Å²) in [6.45, 7) is 6.41. The zero-order valence-corrected chi connectivity index (χ0v) is 11.3. The molecule has 3 heterocycles. The molecule has 19 heavy (non-hydrogen) atoms. The van der Waals surface area contributed by atoms with Crippen molar-refractivity contribution in [2.24, 2.45) is 0 Å². The summed E-state index contributed by atoms with van der Waals surface area (Å²) in [5.41, 5.74) is 1.53. The van der Waals surface area contributed by atoms with Gasteiger partial charge in [-0.15, -0.1) is 0 Å². The second kappa shape index (κ2) is 4.51. The minimum atomic E-state index is -0.180. The number of anilines is 1. The first-order valence-electron chi connectivity index (χ1n) is 6.56. The van der Waals surface area contributed by atoms with Gasteiger partial charge in [0.05, 0.1) is 24.5 Å². The van der Waals surface area contributed by atoms with E-state index in [0.717, 1.165) is 30.2 Å². The van der Waals surface area contributed by atoms with Crippen molar-refractivity contribution < 1.29 is 9.84 Å². The number of rotatable bonds is 2. The molecule has 1 N–H and O–H groups in total. The van der Waals surface area contributed by atoms with Gasteiger partial charge in [-0.1, -0.05) is 6.07 Å². The summed E-state index contributed by atoms with van der Waals surface area (Å²) in [6.07, 6.45) is 1.93. The number of fused-ring (bicyclic) bond motifs is 1. The molecule has 5 nitrogen and oxygen atoms in total. The first-order valence-corrected chi connectivity index (χ1v) is 6.56. The fourth-order valence-corrected chi connectivity index (χ4v) is 2.63. The quantitative estimate of drug-likeness (QED) is 0.889. The van der Waals surface area contributed by atoms with E-state index in [1.165, 1.54) is 0 Å². The number of hydrogen-bond donors (Lipinski definition) is 1. The van der Waals surface area contributed by atoms with E-state index in [4.69, 9.17) is 4.74 Å². The Labute approximate surface area is 112 Å². The number of imidazole rings is 1. The van der Waals surface area contributed by atoms with E-state index in [-0.39, 0.29) is 12.2 Å². The molecule has 0 spiro atoms. The summed E-state index contributed by atoms with van der Waals surface area (Å²) in [4.78, 5) is 6.84. The number of aliphatic hydroxyl groups is 1. The third-order valence-corrected chi connectivity index (χ3v) is 3.48. The molecule has 2 aromatic rings. The zero-order chi connectivity index (χ0) is 13.5. The maximum absolute atomic E-state index is 9.65. The van der Waals surface area contributed by atoms with Crippen molar-refractivity contribution in [2.45, 2.75) is 26.1 Å². The molecular weight excluding hydrogens is 242 g/mol. The number of aliphatic hydroxyl groups excluding tert-OH is 1. The van der Waals surface area contributed by atoms with Crippen LogP contribution in [0, 0.1) is 0 Å². The van der Waals surface area contributed by atoms with Crippen LogP contribution in [0.15, 0.2) is 24.4 Å². The predicted octanol–water partition coefficient (Wildman–Crippen LogP) is 1.44. The molecule has 5 heteroatoms. The lowest BCUT2D eigenvalue weighted by Gasteiger charge is -2.38. The van der Waals surface area contributed by atoms with Crippen molar-refractivity contribution in [3.05, 3.63) is 30.1 Å². The summed E-state index contributed by atoms with van der Waals surface area (Å²) < 4.78 is 7.67.